The topological polar surface area (TPSA) is 210 Å². The standard InChI is InChI=1S/C5H10O5S.3C2H4O2/c6-1-2(7)3(8)4(9)5(10)11;3*1-2(3)4/h2-4,6-9H,1H2,(H,10,11);3*1H3,(H,3,4)/t2-,3+,4-;;;/m1.../s1. The van der Waals surface area contributed by atoms with Crippen molar-refractivity contribution < 1.29 is 54.9 Å². The van der Waals surface area contributed by atoms with Crippen molar-refractivity contribution >= 4 is 35.7 Å². The number of carboxylic acid groups (broad SMARTS) is 3. The number of carbonyl (C=O) groups excluding carboxylic acids is 1. The zero-order valence-corrected chi connectivity index (χ0v) is 13.5. The van der Waals surface area contributed by atoms with Crippen LogP contribution in [0.2, 0.25) is 0 Å². The Morgan fingerprint density at radius 2 is 1.04 bits per heavy atom. The summed E-state index contributed by atoms with van der Waals surface area (Å²) < 4.78 is 0. The predicted octanol–water partition coefficient (Wildman–Crippen LogP) is -2.21. The second-order valence-electron chi connectivity index (χ2n) is 3.58. The zero-order chi connectivity index (χ0) is 19.7. The molecule has 0 aliphatic carbocycles. The minimum absolute atomic E-state index is 0.723. The molecule has 23 heavy (non-hydrogen) atoms. The molecule has 12 heteroatoms. The van der Waals surface area contributed by atoms with Gasteiger partial charge in [-0.3, -0.25) is 19.2 Å². The van der Waals surface area contributed by atoms with E-state index in [4.69, 9.17) is 50.1 Å². The number of rotatable bonds is 4. The first-order chi connectivity index (χ1) is 10.2. The number of aliphatic carboxylic acids is 3. The van der Waals surface area contributed by atoms with E-state index in [-0.39, 0.29) is 0 Å². The number of aliphatic hydroxyl groups is 4. The number of carbonyl (C=O) groups is 4. The molecule has 0 aromatic carbocycles. The second-order valence-corrected chi connectivity index (χ2v) is 4.02. The van der Waals surface area contributed by atoms with Crippen LogP contribution in [-0.4, -0.2) is 83.7 Å². The highest BCUT2D eigenvalue weighted by molar-refractivity contribution is 7.96. The molecule has 0 aliphatic heterocycles. The summed E-state index contributed by atoms with van der Waals surface area (Å²) in [5.74, 6) is -2.50. The van der Waals surface area contributed by atoms with E-state index >= 15 is 0 Å². The summed E-state index contributed by atoms with van der Waals surface area (Å²) in [5.41, 5.74) is 0. The monoisotopic (exact) mass is 362 g/mol. The van der Waals surface area contributed by atoms with Crippen LogP contribution in [0.3, 0.4) is 0 Å². The first-order valence-electron chi connectivity index (χ1n) is 5.67. The Balaban J connectivity index is -0.000000124. The lowest BCUT2D eigenvalue weighted by molar-refractivity contribution is -0.135. The molecule has 11 nitrogen and oxygen atoms in total. The van der Waals surface area contributed by atoms with Crippen molar-refractivity contribution in [2.75, 3.05) is 6.61 Å². The van der Waals surface area contributed by atoms with Gasteiger partial charge in [0.1, 0.15) is 12.2 Å². The molecule has 0 fully saturated rings. The Bertz CT molecular complexity index is 317. The van der Waals surface area contributed by atoms with Crippen molar-refractivity contribution in [2.45, 2.75) is 39.1 Å². The minimum Gasteiger partial charge on any atom is -0.481 e. The molecule has 0 radical (unpaired) electrons. The summed E-state index contributed by atoms with van der Waals surface area (Å²) >= 11 is 3.22. The molecule has 0 saturated heterocycles. The molecule has 0 unspecified atom stereocenters. The van der Waals surface area contributed by atoms with Gasteiger partial charge in [-0.1, -0.05) is 0 Å². The van der Waals surface area contributed by atoms with Gasteiger partial charge in [0, 0.05) is 20.8 Å². The first-order valence-corrected chi connectivity index (χ1v) is 6.11. The van der Waals surface area contributed by atoms with E-state index in [1.165, 1.54) is 0 Å². The summed E-state index contributed by atoms with van der Waals surface area (Å²) in [6.45, 7) is 2.53. The Kier molecular flexibility index (Phi) is 23.3. The largest absolute Gasteiger partial charge is 0.481 e. The van der Waals surface area contributed by atoms with Gasteiger partial charge in [0.15, 0.2) is 6.10 Å². The number of aliphatic hydroxyl groups excluding tert-OH is 4. The molecule has 0 heterocycles. The highest BCUT2D eigenvalue weighted by Crippen LogP contribution is 2.02. The smallest absolute Gasteiger partial charge is 0.300 e. The third-order valence-corrected chi connectivity index (χ3v) is 1.42. The molecule has 0 aromatic rings. The molecule has 0 bridgehead atoms. The lowest BCUT2D eigenvalue weighted by atomic mass is 10.1. The fourth-order valence-electron chi connectivity index (χ4n) is 0.465. The van der Waals surface area contributed by atoms with Crippen LogP contribution in [0.4, 0.5) is 0 Å². The second kappa shape index (κ2) is 18.3. The van der Waals surface area contributed by atoms with Crippen LogP contribution >= 0.6 is 12.6 Å². The van der Waals surface area contributed by atoms with Crippen molar-refractivity contribution in [3.8, 4) is 0 Å². The molecule has 0 saturated carbocycles. The SMILES string of the molecule is CC(=O)O.CC(=O)O.CC(=O)O.O=C(S)[C@H](O)[C@@H](O)[C@H](O)CO. The first kappa shape index (κ1) is 29.3. The van der Waals surface area contributed by atoms with E-state index in [2.05, 4.69) is 12.6 Å². The van der Waals surface area contributed by atoms with E-state index in [1.54, 1.807) is 0 Å². The normalized spacial score (nSPS) is 12.3. The molecule has 7 N–H and O–H groups in total. The Morgan fingerprint density at radius 1 is 0.826 bits per heavy atom. The van der Waals surface area contributed by atoms with Crippen LogP contribution in [0.15, 0.2) is 0 Å². The molecule has 0 rings (SSSR count). The fourth-order valence-corrected chi connectivity index (χ4v) is 0.617. The third-order valence-electron chi connectivity index (χ3n) is 1.16. The van der Waals surface area contributed by atoms with E-state index < -0.39 is 47.9 Å². The van der Waals surface area contributed by atoms with Crippen molar-refractivity contribution in [3.05, 3.63) is 0 Å². The number of carboxylic acids is 3. The average molecular weight is 362 g/mol. The number of hydrogen-bond acceptors (Lipinski definition) is 8. The van der Waals surface area contributed by atoms with Crippen LogP contribution in [0.25, 0.3) is 0 Å². The summed E-state index contributed by atoms with van der Waals surface area (Å²) in [4.78, 5) is 37.3. The van der Waals surface area contributed by atoms with E-state index in [9.17, 15) is 4.79 Å². The average Bonchev–Trinajstić information content (AvgIpc) is 2.33. The van der Waals surface area contributed by atoms with Crippen LogP contribution < -0.4 is 0 Å². The van der Waals surface area contributed by atoms with Gasteiger partial charge in [-0.2, -0.15) is 0 Å². The van der Waals surface area contributed by atoms with E-state index in [0.717, 1.165) is 20.8 Å². The van der Waals surface area contributed by atoms with Gasteiger partial charge in [0.2, 0.25) is 5.12 Å². The van der Waals surface area contributed by atoms with E-state index in [1.807, 2.05) is 0 Å². The van der Waals surface area contributed by atoms with Gasteiger partial charge in [-0.25, -0.2) is 0 Å². The third kappa shape index (κ3) is 44.9. The lowest BCUT2D eigenvalue weighted by Crippen LogP contribution is -2.42. The molecular formula is C11H22O11S. The summed E-state index contributed by atoms with van der Waals surface area (Å²) in [6, 6.07) is 0. The van der Waals surface area contributed by atoms with Gasteiger partial charge >= 0.3 is 0 Å². The van der Waals surface area contributed by atoms with Crippen molar-refractivity contribution in [1.29, 1.82) is 0 Å². The summed E-state index contributed by atoms with van der Waals surface area (Å²) in [5, 5.41) is 55.9. The summed E-state index contributed by atoms with van der Waals surface area (Å²) in [7, 11) is 0. The van der Waals surface area contributed by atoms with Gasteiger partial charge in [0.25, 0.3) is 17.9 Å². The van der Waals surface area contributed by atoms with Gasteiger partial charge in [-0.05, 0) is 0 Å². The van der Waals surface area contributed by atoms with Crippen LogP contribution in [-0.2, 0) is 19.2 Å². The maximum atomic E-state index is 10.3. The zero-order valence-electron chi connectivity index (χ0n) is 12.6. The molecule has 0 amide bonds. The molecule has 138 valence electrons. The molecule has 0 spiro atoms. The number of thiol groups is 1. The van der Waals surface area contributed by atoms with Crippen molar-refractivity contribution in [3.63, 3.8) is 0 Å². The fraction of sp³-hybridized carbons (Fsp3) is 0.636. The van der Waals surface area contributed by atoms with Crippen LogP contribution in [0.1, 0.15) is 20.8 Å². The predicted molar refractivity (Wildman–Crippen MR) is 79.0 cm³/mol. The molecule has 0 aromatic heterocycles. The number of hydrogen-bond donors (Lipinski definition) is 8. The maximum Gasteiger partial charge on any atom is 0.300 e. The van der Waals surface area contributed by atoms with Crippen LogP contribution in [0.5, 0.6) is 0 Å². The Labute approximate surface area is 137 Å². The lowest BCUT2D eigenvalue weighted by Gasteiger charge is -2.18. The quantitative estimate of drug-likeness (QED) is 0.251. The highest BCUT2D eigenvalue weighted by atomic mass is 32.1. The minimum atomic E-state index is -1.76. The molecular weight excluding hydrogens is 340 g/mol. The van der Waals surface area contributed by atoms with Crippen molar-refractivity contribution in [1.82, 2.24) is 0 Å². The van der Waals surface area contributed by atoms with Gasteiger partial charge in [0.05, 0.1) is 6.61 Å². The van der Waals surface area contributed by atoms with Gasteiger partial charge in [-0.15, -0.1) is 12.6 Å². The molecule has 3 atom stereocenters. The maximum absolute atomic E-state index is 10.3. The highest BCUT2D eigenvalue weighted by Gasteiger charge is 2.27. The Hall–Kier alpha value is -1.73. The molecule has 0 aliphatic rings. The Morgan fingerprint density at radius 3 is 1.17 bits per heavy atom. The van der Waals surface area contributed by atoms with Gasteiger partial charge < -0.3 is 35.7 Å². The van der Waals surface area contributed by atoms with Crippen LogP contribution in [0, 0.1) is 0 Å². The van der Waals surface area contributed by atoms with E-state index in [0.29, 0.717) is 0 Å². The summed E-state index contributed by atoms with van der Waals surface area (Å²) in [6.07, 6.45) is -4.98. The van der Waals surface area contributed by atoms with Crippen molar-refractivity contribution in [2.24, 2.45) is 0 Å².